The highest BCUT2D eigenvalue weighted by molar-refractivity contribution is 6.03. The van der Waals surface area contributed by atoms with Gasteiger partial charge in [-0.05, 0) is 32.7 Å². The van der Waals surface area contributed by atoms with Crippen LogP contribution in [0.4, 0.5) is 0 Å². The molecule has 26 heavy (non-hydrogen) atoms. The predicted molar refractivity (Wildman–Crippen MR) is 102 cm³/mol. The van der Waals surface area contributed by atoms with Gasteiger partial charge in [0.05, 0.1) is 0 Å². The van der Waals surface area contributed by atoms with E-state index in [-0.39, 0.29) is 5.57 Å². The van der Waals surface area contributed by atoms with E-state index in [4.69, 9.17) is 0 Å². The molecular formula is C24H14N2. The van der Waals surface area contributed by atoms with E-state index in [0.717, 1.165) is 32.7 Å². The minimum Gasteiger partial charge on any atom is -0.192 e. The SMILES string of the molecule is N#CC(C#N)=C1C(c2ccccc2)=c2ccccc2=C1c1ccccc1. The first-order valence-electron chi connectivity index (χ1n) is 8.35. The van der Waals surface area contributed by atoms with Crippen molar-refractivity contribution in [3.63, 3.8) is 0 Å². The average molecular weight is 330 g/mol. The quantitative estimate of drug-likeness (QED) is 0.676. The van der Waals surface area contributed by atoms with Crippen molar-refractivity contribution in [2.24, 2.45) is 0 Å². The lowest BCUT2D eigenvalue weighted by atomic mass is 9.89. The van der Waals surface area contributed by atoms with Gasteiger partial charge in [0.15, 0.2) is 0 Å². The van der Waals surface area contributed by atoms with Gasteiger partial charge in [0.25, 0.3) is 0 Å². The molecule has 0 aliphatic heterocycles. The van der Waals surface area contributed by atoms with Gasteiger partial charge in [-0.3, -0.25) is 0 Å². The monoisotopic (exact) mass is 330 g/mol. The maximum Gasteiger partial charge on any atom is 0.138 e. The summed E-state index contributed by atoms with van der Waals surface area (Å²) in [5.74, 6) is 0. The highest BCUT2D eigenvalue weighted by Crippen LogP contribution is 2.35. The van der Waals surface area contributed by atoms with Crippen molar-refractivity contribution in [3.8, 4) is 12.1 Å². The van der Waals surface area contributed by atoms with Crippen molar-refractivity contribution < 1.29 is 0 Å². The van der Waals surface area contributed by atoms with Crippen molar-refractivity contribution in [2.45, 2.75) is 0 Å². The summed E-state index contributed by atoms with van der Waals surface area (Å²) in [6, 6.07) is 32.2. The Morgan fingerprint density at radius 3 is 1.31 bits per heavy atom. The number of rotatable bonds is 2. The van der Waals surface area contributed by atoms with Gasteiger partial charge < -0.3 is 0 Å². The van der Waals surface area contributed by atoms with E-state index in [1.54, 1.807) is 0 Å². The lowest BCUT2D eigenvalue weighted by Crippen LogP contribution is -2.23. The Hall–Kier alpha value is -3.88. The molecule has 1 aliphatic carbocycles. The molecule has 0 bridgehead atoms. The lowest BCUT2D eigenvalue weighted by molar-refractivity contribution is 1.44. The number of hydrogen-bond acceptors (Lipinski definition) is 2. The van der Waals surface area contributed by atoms with E-state index >= 15 is 0 Å². The summed E-state index contributed by atoms with van der Waals surface area (Å²) in [6.45, 7) is 0. The predicted octanol–water partition coefficient (Wildman–Crippen LogP) is 3.44. The van der Waals surface area contributed by atoms with E-state index in [1.807, 2.05) is 72.8 Å². The molecule has 0 amide bonds. The Kier molecular flexibility index (Phi) is 3.94. The first-order valence-corrected chi connectivity index (χ1v) is 8.35. The Labute approximate surface area is 151 Å². The number of allylic oxidation sites excluding steroid dienone is 2. The zero-order valence-electron chi connectivity index (χ0n) is 14.0. The summed E-state index contributed by atoms with van der Waals surface area (Å²) in [5, 5.41) is 21.4. The van der Waals surface area contributed by atoms with E-state index in [9.17, 15) is 10.5 Å². The fraction of sp³-hybridized carbons (Fsp3) is 0. The van der Waals surface area contributed by atoms with Crippen LogP contribution in [0.2, 0.25) is 0 Å². The zero-order chi connectivity index (χ0) is 17.9. The minimum atomic E-state index is 0.138. The molecule has 0 unspecified atom stereocenters. The second-order valence-corrected chi connectivity index (χ2v) is 6.00. The summed E-state index contributed by atoms with van der Waals surface area (Å²) in [5.41, 5.74) is 4.75. The Balaban J connectivity index is 2.22. The molecule has 0 atom stereocenters. The van der Waals surface area contributed by atoms with Crippen molar-refractivity contribution in [1.29, 1.82) is 10.5 Å². The summed E-state index contributed by atoms with van der Waals surface area (Å²) in [7, 11) is 0. The normalized spacial score (nSPS) is 12.3. The number of nitrogens with zero attached hydrogens (tertiary/aromatic N) is 2. The van der Waals surface area contributed by atoms with Gasteiger partial charge in [-0.2, -0.15) is 10.5 Å². The third-order valence-electron chi connectivity index (χ3n) is 4.56. The Bertz CT molecular complexity index is 1120. The molecule has 2 nitrogen and oxygen atoms in total. The molecule has 0 heterocycles. The topological polar surface area (TPSA) is 47.6 Å². The van der Waals surface area contributed by atoms with Gasteiger partial charge in [-0.15, -0.1) is 0 Å². The molecule has 2 heteroatoms. The molecule has 0 aromatic heterocycles. The highest BCUT2D eigenvalue weighted by Gasteiger charge is 2.25. The fourth-order valence-corrected chi connectivity index (χ4v) is 3.51. The molecule has 120 valence electrons. The summed E-state index contributed by atoms with van der Waals surface area (Å²) in [4.78, 5) is 0. The van der Waals surface area contributed by atoms with Crippen LogP contribution in [0.1, 0.15) is 11.1 Å². The molecule has 0 N–H and O–H groups in total. The summed E-state index contributed by atoms with van der Waals surface area (Å²) in [6.07, 6.45) is 0. The van der Waals surface area contributed by atoms with Gasteiger partial charge in [0.1, 0.15) is 17.7 Å². The van der Waals surface area contributed by atoms with Crippen LogP contribution >= 0.6 is 0 Å². The first-order chi connectivity index (χ1) is 12.8. The molecule has 4 rings (SSSR count). The third-order valence-corrected chi connectivity index (χ3v) is 4.56. The van der Waals surface area contributed by atoms with Crippen molar-refractivity contribution >= 4 is 11.1 Å². The first kappa shape index (κ1) is 15.6. The average Bonchev–Trinajstić information content (AvgIpc) is 3.05. The number of nitriles is 2. The second kappa shape index (κ2) is 6.55. The van der Waals surface area contributed by atoms with Crippen molar-refractivity contribution in [1.82, 2.24) is 0 Å². The van der Waals surface area contributed by atoms with E-state index in [1.165, 1.54) is 0 Å². The number of fused-ring (bicyclic) bond motifs is 1. The zero-order valence-corrected chi connectivity index (χ0v) is 14.0. The molecule has 0 saturated heterocycles. The Morgan fingerprint density at radius 1 is 0.538 bits per heavy atom. The smallest absolute Gasteiger partial charge is 0.138 e. The molecule has 3 aromatic carbocycles. The van der Waals surface area contributed by atoms with E-state index < -0.39 is 0 Å². The molecule has 0 fully saturated rings. The summed E-state index contributed by atoms with van der Waals surface area (Å²) < 4.78 is 0. The second-order valence-electron chi connectivity index (χ2n) is 6.00. The lowest BCUT2D eigenvalue weighted by Gasteiger charge is -2.12. The van der Waals surface area contributed by atoms with Gasteiger partial charge in [-0.25, -0.2) is 0 Å². The Morgan fingerprint density at radius 2 is 0.923 bits per heavy atom. The molecule has 3 aromatic rings. The number of benzene rings is 3. The van der Waals surface area contributed by atoms with Crippen LogP contribution in [0.5, 0.6) is 0 Å². The van der Waals surface area contributed by atoms with Gasteiger partial charge in [0.2, 0.25) is 0 Å². The number of hydrogen-bond donors (Lipinski definition) is 0. The van der Waals surface area contributed by atoms with Crippen LogP contribution in [0.25, 0.3) is 11.1 Å². The van der Waals surface area contributed by atoms with Gasteiger partial charge in [0, 0.05) is 5.57 Å². The maximum absolute atomic E-state index is 9.64. The van der Waals surface area contributed by atoms with E-state index in [2.05, 4.69) is 24.3 Å². The summed E-state index contributed by atoms with van der Waals surface area (Å²) >= 11 is 0. The van der Waals surface area contributed by atoms with Gasteiger partial charge in [-0.1, -0.05) is 84.9 Å². The van der Waals surface area contributed by atoms with Crippen LogP contribution in [0.3, 0.4) is 0 Å². The largest absolute Gasteiger partial charge is 0.192 e. The minimum absolute atomic E-state index is 0.138. The van der Waals surface area contributed by atoms with Crippen LogP contribution in [0.15, 0.2) is 96.1 Å². The molecule has 1 aliphatic rings. The van der Waals surface area contributed by atoms with Crippen molar-refractivity contribution in [3.05, 3.63) is 118 Å². The molecule has 0 radical (unpaired) electrons. The van der Waals surface area contributed by atoms with E-state index in [0.29, 0.717) is 5.57 Å². The fourth-order valence-electron chi connectivity index (χ4n) is 3.51. The highest BCUT2D eigenvalue weighted by atomic mass is 14.3. The van der Waals surface area contributed by atoms with Crippen molar-refractivity contribution in [2.75, 3.05) is 0 Å². The third kappa shape index (κ3) is 2.42. The molecule has 0 spiro atoms. The van der Waals surface area contributed by atoms with Crippen LogP contribution < -0.4 is 10.4 Å². The van der Waals surface area contributed by atoms with Crippen LogP contribution in [-0.2, 0) is 0 Å². The van der Waals surface area contributed by atoms with Crippen LogP contribution in [-0.4, -0.2) is 0 Å². The standard InChI is InChI=1S/C24H14N2/c25-15-19(16-26)24-22(17-9-3-1-4-10-17)20-13-7-8-14-21(20)23(24)18-11-5-2-6-12-18/h1-14H. The van der Waals surface area contributed by atoms with Crippen LogP contribution in [0, 0.1) is 22.7 Å². The maximum atomic E-state index is 9.64. The molecule has 0 saturated carbocycles. The molecular weight excluding hydrogens is 316 g/mol. The van der Waals surface area contributed by atoms with Gasteiger partial charge >= 0.3 is 0 Å².